The molecular weight excluding hydrogens is 316 g/mol. The molecule has 4 nitrogen and oxygen atoms in total. The van der Waals surface area contributed by atoms with Crippen LogP contribution in [0.2, 0.25) is 0 Å². The lowest BCUT2D eigenvalue weighted by atomic mass is 10.1. The molecule has 2 amide bonds. The summed E-state index contributed by atoms with van der Waals surface area (Å²) in [7, 11) is 1.73. The molecule has 1 fully saturated rings. The SMILES string of the molecule is CC(C)CN1C(=O)C(=C2C(=O)N(C)c3ccccc32)SC1=S. The van der Waals surface area contributed by atoms with E-state index in [-0.39, 0.29) is 11.8 Å². The van der Waals surface area contributed by atoms with E-state index in [1.54, 1.807) is 16.8 Å². The third kappa shape index (κ3) is 2.27. The van der Waals surface area contributed by atoms with E-state index in [9.17, 15) is 9.59 Å². The maximum absolute atomic E-state index is 12.7. The van der Waals surface area contributed by atoms with Gasteiger partial charge >= 0.3 is 0 Å². The summed E-state index contributed by atoms with van der Waals surface area (Å²) in [5.41, 5.74) is 2.11. The van der Waals surface area contributed by atoms with Crippen LogP contribution in [0, 0.1) is 5.92 Å². The third-order valence-corrected chi connectivity index (χ3v) is 5.13. The van der Waals surface area contributed by atoms with Crippen molar-refractivity contribution in [2.75, 3.05) is 18.5 Å². The van der Waals surface area contributed by atoms with Crippen molar-refractivity contribution in [2.45, 2.75) is 13.8 Å². The molecule has 0 atom stereocenters. The van der Waals surface area contributed by atoms with E-state index < -0.39 is 0 Å². The molecule has 0 aromatic heterocycles. The van der Waals surface area contributed by atoms with Gasteiger partial charge in [0.1, 0.15) is 4.32 Å². The van der Waals surface area contributed by atoms with E-state index in [4.69, 9.17) is 12.2 Å². The summed E-state index contributed by atoms with van der Waals surface area (Å²) in [5.74, 6) is 0.0180. The minimum absolute atomic E-state index is 0.147. The average Bonchev–Trinajstić information content (AvgIpc) is 2.88. The quantitative estimate of drug-likeness (QED) is 0.617. The number of para-hydroxylation sites is 1. The Morgan fingerprint density at radius 1 is 1.18 bits per heavy atom. The first-order valence-corrected chi connectivity index (χ1v) is 8.29. The molecule has 2 aliphatic heterocycles. The highest BCUT2D eigenvalue weighted by molar-refractivity contribution is 8.26. The molecule has 1 saturated heterocycles. The Bertz CT molecular complexity index is 725. The van der Waals surface area contributed by atoms with Crippen molar-refractivity contribution in [1.29, 1.82) is 0 Å². The number of thioether (sulfide) groups is 1. The predicted octanol–water partition coefficient (Wildman–Crippen LogP) is 2.89. The minimum atomic E-state index is -0.155. The van der Waals surface area contributed by atoms with Crippen molar-refractivity contribution < 1.29 is 9.59 Å². The monoisotopic (exact) mass is 332 g/mol. The number of rotatable bonds is 2. The van der Waals surface area contributed by atoms with Gasteiger partial charge in [-0.2, -0.15) is 0 Å². The van der Waals surface area contributed by atoms with Gasteiger partial charge in [0.05, 0.1) is 16.2 Å². The first-order valence-electron chi connectivity index (χ1n) is 7.07. The number of carbonyl (C=O) groups excluding carboxylic acids is 2. The van der Waals surface area contributed by atoms with Crippen LogP contribution >= 0.6 is 24.0 Å². The van der Waals surface area contributed by atoms with E-state index in [2.05, 4.69) is 0 Å². The standard InChI is InChI=1S/C16H16N2O2S2/c1-9(2)8-18-15(20)13(22-16(18)21)12-10-6-4-5-7-11(10)17(3)14(12)19/h4-7,9H,8H2,1-3H3. The molecule has 6 heteroatoms. The topological polar surface area (TPSA) is 40.6 Å². The summed E-state index contributed by atoms with van der Waals surface area (Å²) in [4.78, 5) is 28.9. The largest absolute Gasteiger partial charge is 0.311 e. The molecule has 1 aromatic carbocycles. The summed E-state index contributed by atoms with van der Waals surface area (Å²) < 4.78 is 0.529. The molecule has 0 spiro atoms. The Morgan fingerprint density at radius 3 is 2.55 bits per heavy atom. The van der Waals surface area contributed by atoms with Crippen molar-refractivity contribution in [3.63, 3.8) is 0 Å². The predicted molar refractivity (Wildman–Crippen MR) is 93.5 cm³/mol. The summed E-state index contributed by atoms with van der Waals surface area (Å²) in [6.07, 6.45) is 0. The van der Waals surface area contributed by atoms with Gasteiger partial charge in [-0.25, -0.2) is 0 Å². The fourth-order valence-corrected chi connectivity index (χ4v) is 4.01. The Labute approximate surface area is 139 Å². The average molecular weight is 332 g/mol. The van der Waals surface area contributed by atoms with Gasteiger partial charge in [0.2, 0.25) is 0 Å². The number of anilines is 1. The number of fused-ring (bicyclic) bond motifs is 1. The maximum atomic E-state index is 12.7. The Morgan fingerprint density at radius 2 is 1.86 bits per heavy atom. The summed E-state index contributed by atoms with van der Waals surface area (Å²) >= 11 is 6.55. The van der Waals surface area contributed by atoms with Crippen LogP contribution < -0.4 is 4.90 Å². The first kappa shape index (κ1) is 15.2. The van der Waals surface area contributed by atoms with Crippen molar-refractivity contribution in [3.8, 4) is 0 Å². The molecular formula is C16H16N2O2S2. The zero-order valence-corrected chi connectivity index (χ0v) is 14.3. The number of hydrogen-bond acceptors (Lipinski definition) is 4. The van der Waals surface area contributed by atoms with E-state index in [0.717, 1.165) is 11.3 Å². The minimum Gasteiger partial charge on any atom is -0.311 e. The lowest BCUT2D eigenvalue weighted by Gasteiger charge is -2.16. The van der Waals surface area contributed by atoms with Crippen LogP contribution in [0.15, 0.2) is 29.2 Å². The fourth-order valence-electron chi connectivity index (χ4n) is 2.66. The van der Waals surface area contributed by atoms with Gasteiger partial charge in [-0.3, -0.25) is 14.5 Å². The van der Waals surface area contributed by atoms with E-state index in [0.29, 0.717) is 27.3 Å². The lowest BCUT2D eigenvalue weighted by molar-refractivity contribution is -0.122. The van der Waals surface area contributed by atoms with Crippen LogP contribution in [0.25, 0.3) is 5.57 Å². The second kappa shape index (κ2) is 5.52. The van der Waals surface area contributed by atoms with Crippen LogP contribution in [-0.4, -0.2) is 34.6 Å². The second-order valence-electron chi connectivity index (χ2n) is 5.76. The number of benzene rings is 1. The van der Waals surface area contributed by atoms with Gasteiger partial charge in [-0.05, 0) is 12.0 Å². The van der Waals surface area contributed by atoms with Crippen molar-refractivity contribution in [1.82, 2.24) is 4.90 Å². The van der Waals surface area contributed by atoms with Crippen LogP contribution in [-0.2, 0) is 9.59 Å². The molecule has 1 aromatic rings. The number of hydrogen-bond donors (Lipinski definition) is 0. The number of nitrogens with zero attached hydrogens (tertiary/aromatic N) is 2. The molecule has 0 bridgehead atoms. The summed E-state index contributed by atoms with van der Waals surface area (Å²) in [5, 5.41) is 0. The van der Waals surface area contributed by atoms with Crippen molar-refractivity contribution >= 4 is 51.4 Å². The molecule has 0 radical (unpaired) electrons. The van der Waals surface area contributed by atoms with E-state index in [1.165, 1.54) is 11.8 Å². The smallest absolute Gasteiger partial charge is 0.267 e. The van der Waals surface area contributed by atoms with E-state index >= 15 is 0 Å². The molecule has 0 aliphatic carbocycles. The van der Waals surface area contributed by atoms with Crippen LogP contribution in [0.5, 0.6) is 0 Å². The number of carbonyl (C=O) groups is 2. The highest BCUT2D eigenvalue weighted by Gasteiger charge is 2.40. The molecule has 2 aliphatic rings. The molecule has 3 rings (SSSR count). The Hall–Kier alpha value is -1.66. The van der Waals surface area contributed by atoms with Gasteiger partial charge in [0.15, 0.2) is 0 Å². The fraction of sp³-hybridized carbons (Fsp3) is 0.312. The first-order chi connectivity index (χ1) is 10.4. The van der Waals surface area contributed by atoms with Gasteiger partial charge in [-0.1, -0.05) is 56.0 Å². The van der Waals surface area contributed by atoms with Crippen LogP contribution in [0.4, 0.5) is 5.69 Å². The Balaban J connectivity index is 2.10. The molecule has 0 N–H and O–H groups in total. The van der Waals surface area contributed by atoms with Gasteiger partial charge in [-0.15, -0.1) is 0 Å². The second-order valence-corrected chi connectivity index (χ2v) is 7.41. The van der Waals surface area contributed by atoms with E-state index in [1.807, 2.05) is 38.1 Å². The third-order valence-electron chi connectivity index (χ3n) is 3.68. The van der Waals surface area contributed by atoms with Crippen LogP contribution in [0.1, 0.15) is 19.4 Å². The van der Waals surface area contributed by atoms with Gasteiger partial charge < -0.3 is 4.90 Å². The highest BCUT2D eigenvalue weighted by atomic mass is 32.2. The Kier molecular flexibility index (Phi) is 3.82. The van der Waals surface area contributed by atoms with Crippen molar-refractivity contribution in [2.24, 2.45) is 5.92 Å². The number of thiocarbonyl (C=S) groups is 1. The normalized spacial score (nSPS) is 21.4. The highest BCUT2D eigenvalue weighted by Crippen LogP contribution is 2.43. The zero-order valence-electron chi connectivity index (χ0n) is 12.6. The summed E-state index contributed by atoms with van der Waals surface area (Å²) in [6.45, 7) is 4.65. The number of likely N-dealkylation sites (N-methyl/N-ethyl adjacent to an activating group) is 1. The molecule has 114 valence electrons. The molecule has 0 unspecified atom stereocenters. The molecule has 22 heavy (non-hydrogen) atoms. The van der Waals surface area contributed by atoms with Gasteiger partial charge in [0.25, 0.3) is 11.8 Å². The number of amides is 2. The van der Waals surface area contributed by atoms with Crippen molar-refractivity contribution in [3.05, 3.63) is 34.7 Å². The molecule has 0 saturated carbocycles. The molecule has 2 heterocycles. The zero-order chi connectivity index (χ0) is 16.0. The van der Waals surface area contributed by atoms with Gasteiger partial charge in [0, 0.05) is 19.2 Å². The maximum Gasteiger partial charge on any atom is 0.267 e. The van der Waals surface area contributed by atoms with Crippen LogP contribution in [0.3, 0.4) is 0 Å². The lowest BCUT2D eigenvalue weighted by Crippen LogP contribution is -2.32. The summed E-state index contributed by atoms with van der Waals surface area (Å²) in [6, 6.07) is 7.52.